The number of nitrogens with zero attached hydrogens (tertiary/aromatic N) is 3. The van der Waals surface area contributed by atoms with Crippen molar-refractivity contribution in [3.63, 3.8) is 0 Å². The van der Waals surface area contributed by atoms with Crippen molar-refractivity contribution in [1.82, 2.24) is 14.7 Å². The molecule has 2 heterocycles. The summed E-state index contributed by atoms with van der Waals surface area (Å²) < 4.78 is 5.02. The van der Waals surface area contributed by atoms with Gasteiger partial charge in [0, 0.05) is 38.3 Å². The summed E-state index contributed by atoms with van der Waals surface area (Å²) in [6.45, 7) is 3.12. The first-order chi connectivity index (χ1) is 9.06. The Hall–Kier alpha value is -1.33. The Morgan fingerprint density at radius 1 is 1.47 bits per heavy atom. The molecular weight excluding hydrogens is 242 g/mol. The number of carbonyl (C=O) groups excluding carboxylic acids is 1. The van der Waals surface area contributed by atoms with E-state index in [1.54, 1.807) is 17.4 Å². The Morgan fingerprint density at radius 3 is 2.84 bits per heavy atom. The van der Waals surface area contributed by atoms with Gasteiger partial charge in [-0.1, -0.05) is 0 Å². The maximum Gasteiger partial charge on any atom is 0.236 e. The van der Waals surface area contributed by atoms with E-state index in [9.17, 15) is 4.79 Å². The molecule has 1 amide bonds. The smallest absolute Gasteiger partial charge is 0.236 e. The quantitative estimate of drug-likeness (QED) is 0.792. The molecule has 0 N–H and O–H groups in total. The van der Waals surface area contributed by atoms with Crippen LogP contribution in [-0.2, 0) is 11.3 Å². The van der Waals surface area contributed by atoms with Crippen LogP contribution in [0.4, 0.5) is 0 Å². The van der Waals surface area contributed by atoms with Crippen molar-refractivity contribution < 1.29 is 9.21 Å². The fourth-order valence-electron chi connectivity index (χ4n) is 2.43. The van der Waals surface area contributed by atoms with Crippen molar-refractivity contribution in [3.05, 3.63) is 24.2 Å². The van der Waals surface area contributed by atoms with Gasteiger partial charge >= 0.3 is 0 Å². The molecule has 1 aromatic rings. The van der Waals surface area contributed by atoms with E-state index in [1.165, 1.54) is 0 Å². The van der Waals surface area contributed by atoms with Crippen LogP contribution in [0.1, 0.15) is 12.0 Å². The second-order valence-corrected chi connectivity index (χ2v) is 5.52. The molecule has 0 spiro atoms. The van der Waals surface area contributed by atoms with E-state index in [2.05, 4.69) is 23.9 Å². The third-order valence-electron chi connectivity index (χ3n) is 3.76. The van der Waals surface area contributed by atoms with Crippen LogP contribution in [0.2, 0.25) is 0 Å². The normalized spacial score (nSPS) is 20.1. The average Bonchev–Trinajstić information content (AvgIpc) is 2.99. The van der Waals surface area contributed by atoms with Crippen molar-refractivity contribution in [2.75, 3.05) is 40.8 Å². The van der Waals surface area contributed by atoms with Crippen LogP contribution in [0, 0.1) is 0 Å². The molecule has 1 atom stereocenters. The summed E-state index contributed by atoms with van der Waals surface area (Å²) in [5.74, 6) is 0.167. The number of likely N-dealkylation sites (N-methyl/N-ethyl adjacent to an activating group) is 2. The maximum atomic E-state index is 12.1. The molecule has 5 heteroatoms. The lowest BCUT2D eigenvalue weighted by Gasteiger charge is -2.22. The number of hydrogen-bond acceptors (Lipinski definition) is 4. The fourth-order valence-corrected chi connectivity index (χ4v) is 2.43. The summed E-state index contributed by atoms with van der Waals surface area (Å²) in [6.07, 6.45) is 4.46. The van der Waals surface area contributed by atoms with Crippen LogP contribution in [-0.4, -0.2) is 67.4 Å². The number of hydrogen-bond donors (Lipinski definition) is 0. The molecule has 0 aromatic carbocycles. The lowest BCUT2D eigenvalue weighted by Crippen LogP contribution is -2.38. The molecule has 1 aromatic heterocycles. The molecule has 0 unspecified atom stereocenters. The second kappa shape index (κ2) is 6.21. The highest BCUT2D eigenvalue weighted by atomic mass is 16.3. The molecule has 2 rings (SSSR count). The predicted octanol–water partition coefficient (Wildman–Crippen LogP) is 0.874. The molecule has 1 aliphatic rings. The number of furan rings is 1. The zero-order chi connectivity index (χ0) is 13.8. The molecule has 0 aliphatic carbocycles. The third-order valence-corrected chi connectivity index (χ3v) is 3.76. The molecule has 1 saturated heterocycles. The molecule has 5 nitrogen and oxygen atoms in total. The van der Waals surface area contributed by atoms with Gasteiger partial charge in [-0.05, 0) is 26.6 Å². The highest BCUT2D eigenvalue weighted by molar-refractivity contribution is 5.78. The SMILES string of the molecule is CN(Cc1ccoc1)C(=O)CN1CC[C@@H](N(C)C)C1. The molecule has 0 saturated carbocycles. The van der Waals surface area contributed by atoms with Gasteiger partial charge in [-0.2, -0.15) is 0 Å². The van der Waals surface area contributed by atoms with Crippen LogP contribution >= 0.6 is 0 Å². The minimum Gasteiger partial charge on any atom is -0.472 e. The third kappa shape index (κ3) is 3.81. The largest absolute Gasteiger partial charge is 0.472 e. The number of amides is 1. The molecular formula is C14H23N3O2. The van der Waals surface area contributed by atoms with E-state index in [0.717, 1.165) is 25.1 Å². The van der Waals surface area contributed by atoms with E-state index >= 15 is 0 Å². The highest BCUT2D eigenvalue weighted by Gasteiger charge is 2.26. The van der Waals surface area contributed by atoms with Gasteiger partial charge in [-0.25, -0.2) is 0 Å². The standard InChI is InChI=1S/C14H23N3O2/c1-15(2)13-4-6-17(9-13)10-14(18)16(3)8-12-5-7-19-11-12/h5,7,11,13H,4,6,8-10H2,1-3H3/t13-/m1/s1. The topological polar surface area (TPSA) is 39.9 Å². The first-order valence-electron chi connectivity index (χ1n) is 6.70. The summed E-state index contributed by atoms with van der Waals surface area (Å²) in [7, 11) is 6.04. The summed E-state index contributed by atoms with van der Waals surface area (Å²) in [6, 6.07) is 2.47. The Balaban J connectivity index is 1.78. The van der Waals surface area contributed by atoms with Crippen LogP contribution in [0.15, 0.2) is 23.0 Å². The lowest BCUT2D eigenvalue weighted by atomic mass is 10.2. The summed E-state index contributed by atoms with van der Waals surface area (Å²) >= 11 is 0. The van der Waals surface area contributed by atoms with Crippen molar-refractivity contribution in [1.29, 1.82) is 0 Å². The molecule has 1 aliphatic heterocycles. The van der Waals surface area contributed by atoms with Gasteiger partial charge in [0.05, 0.1) is 19.1 Å². The number of rotatable bonds is 5. The average molecular weight is 265 g/mol. The summed E-state index contributed by atoms with van der Waals surface area (Å²) in [5, 5.41) is 0. The minimum absolute atomic E-state index is 0.167. The van der Waals surface area contributed by atoms with E-state index < -0.39 is 0 Å². The van der Waals surface area contributed by atoms with E-state index in [0.29, 0.717) is 19.1 Å². The van der Waals surface area contributed by atoms with Crippen LogP contribution < -0.4 is 0 Å². The van der Waals surface area contributed by atoms with Crippen molar-refractivity contribution in [3.8, 4) is 0 Å². The lowest BCUT2D eigenvalue weighted by molar-refractivity contribution is -0.131. The second-order valence-electron chi connectivity index (χ2n) is 5.52. The predicted molar refractivity (Wildman–Crippen MR) is 73.7 cm³/mol. The molecule has 0 radical (unpaired) electrons. The van der Waals surface area contributed by atoms with E-state index in [-0.39, 0.29) is 5.91 Å². The molecule has 19 heavy (non-hydrogen) atoms. The Morgan fingerprint density at radius 2 is 2.26 bits per heavy atom. The van der Waals surface area contributed by atoms with Crippen molar-refractivity contribution in [2.24, 2.45) is 0 Å². The first-order valence-corrected chi connectivity index (χ1v) is 6.70. The summed E-state index contributed by atoms with van der Waals surface area (Å²) in [5.41, 5.74) is 1.03. The van der Waals surface area contributed by atoms with E-state index in [4.69, 9.17) is 4.42 Å². The van der Waals surface area contributed by atoms with Gasteiger partial charge < -0.3 is 14.2 Å². The van der Waals surface area contributed by atoms with E-state index in [1.807, 2.05) is 13.1 Å². The van der Waals surface area contributed by atoms with Crippen LogP contribution in [0.25, 0.3) is 0 Å². The van der Waals surface area contributed by atoms with Gasteiger partial charge in [0.15, 0.2) is 0 Å². The van der Waals surface area contributed by atoms with Crippen LogP contribution in [0.3, 0.4) is 0 Å². The van der Waals surface area contributed by atoms with Gasteiger partial charge in [0.1, 0.15) is 0 Å². The number of likely N-dealkylation sites (tertiary alicyclic amines) is 1. The molecule has 106 valence electrons. The van der Waals surface area contributed by atoms with Gasteiger partial charge in [0.2, 0.25) is 5.91 Å². The minimum atomic E-state index is 0.167. The molecule has 0 bridgehead atoms. The first kappa shape index (κ1) is 14.1. The van der Waals surface area contributed by atoms with Gasteiger partial charge in [-0.15, -0.1) is 0 Å². The van der Waals surface area contributed by atoms with Crippen molar-refractivity contribution in [2.45, 2.75) is 19.0 Å². The monoisotopic (exact) mass is 265 g/mol. The van der Waals surface area contributed by atoms with Gasteiger partial charge in [0.25, 0.3) is 0 Å². The Kier molecular flexibility index (Phi) is 4.61. The Bertz CT molecular complexity index is 403. The highest BCUT2D eigenvalue weighted by Crippen LogP contribution is 2.13. The van der Waals surface area contributed by atoms with Crippen LogP contribution in [0.5, 0.6) is 0 Å². The fraction of sp³-hybridized carbons (Fsp3) is 0.643. The summed E-state index contributed by atoms with van der Waals surface area (Å²) in [4.78, 5) is 18.4. The maximum absolute atomic E-state index is 12.1. The Labute approximate surface area is 114 Å². The zero-order valence-corrected chi connectivity index (χ0v) is 12.0. The van der Waals surface area contributed by atoms with Crippen molar-refractivity contribution >= 4 is 5.91 Å². The number of carbonyl (C=O) groups is 1. The van der Waals surface area contributed by atoms with Gasteiger partial charge in [-0.3, -0.25) is 9.69 Å². The molecule has 1 fully saturated rings. The zero-order valence-electron chi connectivity index (χ0n) is 12.0.